The molecule has 0 aromatic heterocycles. The minimum atomic E-state index is -0.316. The van der Waals surface area contributed by atoms with Gasteiger partial charge in [-0.1, -0.05) is 13.0 Å². The van der Waals surface area contributed by atoms with Gasteiger partial charge in [0.25, 0.3) is 0 Å². The summed E-state index contributed by atoms with van der Waals surface area (Å²) in [5.41, 5.74) is 0.952. The maximum absolute atomic E-state index is 13.1. The van der Waals surface area contributed by atoms with Crippen LogP contribution in [0.4, 0.5) is 14.9 Å². The molecule has 2 N–H and O–H groups in total. The molecule has 0 unspecified atom stereocenters. The number of urea groups is 1. The summed E-state index contributed by atoms with van der Waals surface area (Å²) in [6.07, 6.45) is 0.871. The Morgan fingerprint density at radius 3 is 2.87 bits per heavy atom. The van der Waals surface area contributed by atoms with Gasteiger partial charge in [-0.15, -0.1) is 0 Å². The molecule has 0 saturated carbocycles. The van der Waals surface area contributed by atoms with Crippen LogP contribution in [0.25, 0.3) is 0 Å². The molecule has 0 aliphatic rings. The Labute approximate surface area is 88.7 Å². The van der Waals surface area contributed by atoms with Crippen molar-refractivity contribution in [2.45, 2.75) is 20.3 Å². The van der Waals surface area contributed by atoms with Crippen molar-refractivity contribution in [3.05, 3.63) is 29.6 Å². The van der Waals surface area contributed by atoms with Crippen molar-refractivity contribution in [1.82, 2.24) is 5.32 Å². The second kappa shape index (κ2) is 5.34. The second-order valence-electron chi connectivity index (χ2n) is 3.29. The SMILES string of the molecule is CCCNC(=O)Nc1cccc(F)c1C. The van der Waals surface area contributed by atoms with Crippen molar-refractivity contribution in [2.24, 2.45) is 0 Å². The summed E-state index contributed by atoms with van der Waals surface area (Å²) < 4.78 is 13.1. The van der Waals surface area contributed by atoms with Crippen LogP contribution in [0.3, 0.4) is 0 Å². The Bertz CT molecular complexity index is 352. The Morgan fingerprint density at radius 2 is 2.20 bits per heavy atom. The van der Waals surface area contributed by atoms with E-state index in [4.69, 9.17) is 0 Å². The molecule has 0 atom stereocenters. The van der Waals surface area contributed by atoms with Crippen molar-refractivity contribution in [2.75, 3.05) is 11.9 Å². The summed E-state index contributed by atoms with van der Waals surface area (Å²) in [6, 6.07) is 4.30. The van der Waals surface area contributed by atoms with Crippen LogP contribution in [-0.4, -0.2) is 12.6 Å². The number of amides is 2. The van der Waals surface area contributed by atoms with Crippen molar-refractivity contribution >= 4 is 11.7 Å². The number of nitrogens with one attached hydrogen (secondary N) is 2. The fourth-order valence-corrected chi connectivity index (χ4v) is 1.15. The molecule has 0 aliphatic heterocycles. The largest absolute Gasteiger partial charge is 0.338 e. The van der Waals surface area contributed by atoms with Gasteiger partial charge in [-0.3, -0.25) is 0 Å². The molecule has 0 saturated heterocycles. The van der Waals surface area contributed by atoms with Crippen LogP contribution in [-0.2, 0) is 0 Å². The van der Waals surface area contributed by atoms with E-state index >= 15 is 0 Å². The number of halogens is 1. The average molecular weight is 210 g/mol. The van der Waals surface area contributed by atoms with Crippen LogP contribution >= 0.6 is 0 Å². The molecular formula is C11H15FN2O. The van der Waals surface area contributed by atoms with Gasteiger partial charge in [0.2, 0.25) is 0 Å². The summed E-state index contributed by atoms with van der Waals surface area (Å²) in [5.74, 6) is -0.316. The molecule has 82 valence electrons. The van der Waals surface area contributed by atoms with Crippen LogP contribution in [0, 0.1) is 12.7 Å². The highest BCUT2D eigenvalue weighted by Crippen LogP contribution is 2.16. The molecule has 15 heavy (non-hydrogen) atoms. The molecule has 0 bridgehead atoms. The Balaban J connectivity index is 2.64. The highest BCUT2D eigenvalue weighted by atomic mass is 19.1. The van der Waals surface area contributed by atoms with E-state index in [1.165, 1.54) is 6.07 Å². The first-order chi connectivity index (χ1) is 7.15. The number of hydrogen-bond acceptors (Lipinski definition) is 1. The summed E-state index contributed by atoms with van der Waals surface area (Å²) in [6.45, 7) is 4.21. The van der Waals surface area contributed by atoms with Gasteiger partial charge in [0.05, 0.1) is 0 Å². The quantitative estimate of drug-likeness (QED) is 0.791. The van der Waals surface area contributed by atoms with E-state index in [1.807, 2.05) is 6.92 Å². The van der Waals surface area contributed by atoms with Gasteiger partial charge < -0.3 is 10.6 Å². The molecule has 2 amide bonds. The van der Waals surface area contributed by atoms with Crippen LogP contribution in [0.5, 0.6) is 0 Å². The molecule has 1 aromatic rings. The zero-order valence-electron chi connectivity index (χ0n) is 8.93. The minimum absolute atomic E-state index is 0.300. The monoisotopic (exact) mass is 210 g/mol. The van der Waals surface area contributed by atoms with Gasteiger partial charge in [-0.2, -0.15) is 0 Å². The number of benzene rings is 1. The molecule has 0 aliphatic carbocycles. The fraction of sp³-hybridized carbons (Fsp3) is 0.364. The van der Waals surface area contributed by atoms with Crippen molar-refractivity contribution in [1.29, 1.82) is 0 Å². The number of carbonyl (C=O) groups excluding carboxylic acids is 1. The Hall–Kier alpha value is -1.58. The number of anilines is 1. The predicted octanol–water partition coefficient (Wildman–Crippen LogP) is 2.67. The Morgan fingerprint density at radius 1 is 1.47 bits per heavy atom. The van der Waals surface area contributed by atoms with Gasteiger partial charge >= 0.3 is 6.03 Å². The van der Waals surface area contributed by atoms with Crippen LogP contribution in [0.2, 0.25) is 0 Å². The molecule has 0 heterocycles. The lowest BCUT2D eigenvalue weighted by atomic mass is 10.2. The lowest BCUT2D eigenvalue weighted by Gasteiger charge is -2.09. The smallest absolute Gasteiger partial charge is 0.319 e. The number of hydrogen-bond donors (Lipinski definition) is 2. The normalized spacial score (nSPS) is 9.80. The first-order valence-corrected chi connectivity index (χ1v) is 4.95. The third kappa shape index (κ3) is 3.23. The molecule has 0 fully saturated rings. The van der Waals surface area contributed by atoms with E-state index in [0.717, 1.165) is 6.42 Å². The standard InChI is InChI=1S/C11H15FN2O/c1-3-7-13-11(15)14-10-6-4-5-9(12)8(10)2/h4-6H,3,7H2,1-2H3,(H2,13,14,15). The van der Waals surface area contributed by atoms with Crippen molar-refractivity contribution in [3.63, 3.8) is 0 Å². The molecule has 0 radical (unpaired) electrons. The van der Waals surface area contributed by atoms with Crippen LogP contribution in [0.1, 0.15) is 18.9 Å². The average Bonchev–Trinajstić information content (AvgIpc) is 2.22. The second-order valence-corrected chi connectivity index (χ2v) is 3.29. The maximum Gasteiger partial charge on any atom is 0.319 e. The van der Waals surface area contributed by atoms with Crippen LogP contribution in [0.15, 0.2) is 18.2 Å². The van der Waals surface area contributed by atoms with Gasteiger partial charge in [0.15, 0.2) is 0 Å². The van der Waals surface area contributed by atoms with E-state index in [2.05, 4.69) is 10.6 Å². The minimum Gasteiger partial charge on any atom is -0.338 e. The zero-order valence-corrected chi connectivity index (χ0v) is 8.93. The molecule has 1 rings (SSSR count). The maximum atomic E-state index is 13.1. The molecule has 1 aromatic carbocycles. The first kappa shape index (κ1) is 11.5. The lowest BCUT2D eigenvalue weighted by molar-refractivity contribution is 0.252. The predicted molar refractivity (Wildman–Crippen MR) is 58.4 cm³/mol. The topological polar surface area (TPSA) is 41.1 Å². The lowest BCUT2D eigenvalue weighted by Crippen LogP contribution is -2.29. The molecular weight excluding hydrogens is 195 g/mol. The highest BCUT2D eigenvalue weighted by molar-refractivity contribution is 5.89. The van der Waals surface area contributed by atoms with Gasteiger partial charge in [-0.25, -0.2) is 9.18 Å². The van der Waals surface area contributed by atoms with E-state index in [9.17, 15) is 9.18 Å². The van der Waals surface area contributed by atoms with Gasteiger partial charge in [-0.05, 0) is 25.5 Å². The Kier molecular flexibility index (Phi) is 4.09. The zero-order chi connectivity index (χ0) is 11.3. The van der Waals surface area contributed by atoms with E-state index in [0.29, 0.717) is 17.8 Å². The third-order valence-electron chi connectivity index (χ3n) is 2.05. The molecule has 0 spiro atoms. The molecule has 3 nitrogen and oxygen atoms in total. The van der Waals surface area contributed by atoms with E-state index in [-0.39, 0.29) is 11.8 Å². The van der Waals surface area contributed by atoms with Crippen molar-refractivity contribution < 1.29 is 9.18 Å². The first-order valence-electron chi connectivity index (χ1n) is 4.95. The third-order valence-corrected chi connectivity index (χ3v) is 2.05. The van der Waals surface area contributed by atoms with Crippen LogP contribution < -0.4 is 10.6 Å². The van der Waals surface area contributed by atoms with Crippen molar-refractivity contribution in [3.8, 4) is 0 Å². The fourth-order valence-electron chi connectivity index (χ4n) is 1.15. The summed E-state index contributed by atoms with van der Waals surface area (Å²) in [4.78, 5) is 11.3. The molecule has 4 heteroatoms. The summed E-state index contributed by atoms with van der Waals surface area (Å²) in [7, 11) is 0. The number of rotatable bonds is 3. The van der Waals surface area contributed by atoms with Gasteiger partial charge in [0, 0.05) is 17.8 Å². The highest BCUT2D eigenvalue weighted by Gasteiger charge is 2.05. The summed E-state index contributed by atoms with van der Waals surface area (Å²) >= 11 is 0. The number of carbonyl (C=O) groups is 1. The van der Waals surface area contributed by atoms with E-state index in [1.54, 1.807) is 19.1 Å². The van der Waals surface area contributed by atoms with E-state index < -0.39 is 0 Å². The van der Waals surface area contributed by atoms with Gasteiger partial charge in [0.1, 0.15) is 5.82 Å². The summed E-state index contributed by atoms with van der Waals surface area (Å²) in [5, 5.41) is 5.25.